The molecule has 5 rings (SSSR count). The molecule has 4 heteroatoms. The summed E-state index contributed by atoms with van der Waals surface area (Å²) in [5, 5.41) is 5.17. The van der Waals surface area contributed by atoms with Gasteiger partial charge in [0.1, 0.15) is 0 Å². The van der Waals surface area contributed by atoms with Crippen molar-refractivity contribution in [3.8, 4) is 0 Å². The number of hydrogen-bond donors (Lipinski definition) is 1. The van der Waals surface area contributed by atoms with Crippen molar-refractivity contribution in [1.29, 1.82) is 0 Å². The first-order valence-electron chi connectivity index (χ1n) is 12.5. The van der Waals surface area contributed by atoms with Gasteiger partial charge in [-0.05, 0) is 53.8 Å². The average Bonchev–Trinajstić information content (AvgIpc) is 2.95. The van der Waals surface area contributed by atoms with Gasteiger partial charge in [-0.25, -0.2) is 0 Å². The van der Waals surface area contributed by atoms with Gasteiger partial charge in [0.05, 0.1) is 11.6 Å². The molecule has 5 aromatic carbocycles. The van der Waals surface area contributed by atoms with Gasteiger partial charge in [0.15, 0.2) is 0 Å². The van der Waals surface area contributed by atoms with Gasteiger partial charge < -0.3 is 10.2 Å². The number of anilines is 2. The minimum absolute atomic E-state index is 0.0804. The van der Waals surface area contributed by atoms with Crippen LogP contribution in [0.3, 0.4) is 0 Å². The quantitative estimate of drug-likeness (QED) is 0.264. The van der Waals surface area contributed by atoms with E-state index in [4.69, 9.17) is 0 Å². The number of benzene rings is 5. The fourth-order valence-electron chi connectivity index (χ4n) is 4.72. The molecule has 0 heterocycles. The van der Waals surface area contributed by atoms with Crippen molar-refractivity contribution >= 4 is 34.0 Å². The van der Waals surface area contributed by atoms with Crippen LogP contribution in [-0.2, 0) is 4.79 Å². The van der Waals surface area contributed by atoms with Crippen molar-refractivity contribution in [2.24, 2.45) is 0 Å². The molecule has 2 amide bonds. The Morgan fingerprint density at radius 1 is 0.676 bits per heavy atom. The van der Waals surface area contributed by atoms with Crippen LogP contribution in [0.15, 0.2) is 127 Å². The van der Waals surface area contributed by atoms with Gasteiger partial charge in [-0.1, -0.05) is 97.1 Å². The predicted molar refractivity (Wildman–Crippen MR) is 151 cm³/mol. The largest absolute Gasteiger partial charge is 0.325 e. The molecule has 0 saturated heterocycles. The molecule has 0 saturated carbocycles. The number of carbonyl (C=O) groups is 2. The highest BCUT2D eigenvalue weighted by Crippen LogP contribution is 2.29. The first kappa shape index (κ1) is 24.0. The molecule has 4 nitrogen and oxygen atoms in total. The maximum atomic E-state index is 13.5. The molecule has 0 radical (unpaired) electrons. The highest BCUT2D eigenvalue weighted by Gasteiger charge is 2.23. The normalized spacial score (nSPS) is 10.9. The van der Waals surface area contributed by atoms with Gasteiger partial charge >= 0.3 is 0 Å². The van der Waals surface area contributed by atoms with Gasteiger partial charge in [-0.15, -0.1) is 0 Å². The van der Waals surface area contributed by atoms with Crippen LogP contribution in [0, 0.1) is 0 Å². The monoisotopic (exact) mass is 484 g/mol. The molecular weight excluding hydrogens is 456 g/mol. The van der Waals surface area contributed by atoms with Gasteiger partial charge in [0.25, 0.3) is 5.91 Å². The lowest BCUT2D eigenvalue weighted by molar-refractivity contribution is -0.116. The van der Waals surface area contributed by atoms with Gasteiger partial charge in [-0.2, -0.15) is 0 Å². The minimum Gasteiger partial charge on any atom is -0.325 e. The van der Waals surface area contributed by atoms with Crippen LogP contribution in [0.5, 0.6) is 0 Å². The molecule has 0 unspecified atom stereocenters. The summed E-state index contributed by atoms with van der Waals surface area (Å²) in [4.78, 5) is 28.7. The molecule has 0 bridgehead atoms. The van der Waals surface area contributed by atoms with E-state index in [1.54, 1.807) is 29.2 Å². The van der Waals surface area contributed by atoms with E-state index in [2.05, 4.69) is 5.32 Å². The predicted octanol–water partition coefficient (Wildman–Crippen LogP) is 7.28. The van der Waals surface area contributed by atoms with E-state index in [1.165, 1.54) is 0 Å². The molecule has 0 aliphatic rings. The lowest BCUT2D eigenvalue weighted by Gasteiger charge is -2.23. The van der Waals surface area contributed by atoms with Gasteiger partial charge in [0, 0.05) is 23.2 Å². The molecule has 182 valence electrons. The fraction of sp³-hybridized carbons (Fsp3) is 0.0909. The Hall–Kier alpha value is -4.70. The van der Waals surface area contributed by atoms with Gasteiger partial charge in [0.2, 0.25) is 5.91 Å². The summed E-state index contributed by atoms with van der Waals surface area (Å²) in [6, 6.07) is 40.7. The summed E-state index contributed by atoms with van der Waals surface area (Å²) in [5.41, 5.74) is 3.94. The number of rotatable bonds is 7. The average molecular weight is 485 g/mol. The maximum absolute atomic E-state index is 13.5. The highest BCUT2D eigenvalue weighted by molar-refractivity contribution is 6.11. The van der Waals surface area contributed by atoms with Crippen LogP contribution in [0.4, 0.5) is 11.4 Å². The van der Waals surface area contributed by atoms with Crippen molar-refractivity contribution in [2.45, 2.75) is 12.8 Å². The summed E-state index contributed by atoms with van der Waals surface area (Å²) < 4.78 is 0. The Balaban J connectivity index is 1.37. The smallest absolute Gasteiger partial charge is 0.258 e. The second-order valence-electron chi connectivity index (χ2n) is 8.87. The fourth-order valence-corrected chi connectivity index (χ4v) is 4.72. The summed E-state index contributed by atoms with van der Waals surface area (Å²) >= 11 is 0. The number of nitrogens with zero attached hydrogens (tertiary/aromatic N) is 1. The zero-order valence-electron chi connectivity index (χ0n) is 20.7. The number of nitrogens with one attached hydrogen (secondary N) is 1. The topological polar surface area (TPSA) is 49.4 Å². The van der Waals surface area contributed by atoms with Crippen molar-refractivity contribution in [3.05, 3.63) is 144 Å². The van der Waals surface area contributed by atoms with E-state index < -0.39 is 5.92 Å². The van der Waals surface area contributed by atoms with Crippen LogP contribution >= 0.6 is 0 Å². The van der Waals surface area contributed by atoms with Crippen LogP contribution in [0.25, 0.3) is 10.8 Å². The molecule has 0 spiro atoms. The SMILES string of the molecule is CCN(C(=O)c1ccc(NC(=O)C(c2ccccc2)c2ccccc2)cc1)c1cccc2ccccc12. The van der Waals surface area contributed by atoms with Crippen molar-refractivity contribution in [2.75, 3.05) is 16.8 Å². The first-order valence-corrected chi connectivity index (χ1v) is 12.5. The third-order valence-corrected chi connectivity index (χ3v) is 6.55. The van der Waals surface area contributed by atoms with Crippen LogP contribution in [0.2, 0.25) is 0 Å². The minimum atomic E-state index is -0.439. The molecule has 0 aliphatic heterocycles. The Kier molecular flexibility index (Phi) is 7.09. The van der Waals surface area contributed by atoms with E-state index in [0.29, 0.717) is 17.8 Å². The third-order valence-electron chi connectivity index (χ3n) is 6.55. The zero-order chi connectivity index (χ0) is 25.6. The molecule has 0 aliphatic carbocycles. The Morgan fingerprint density at radius 2 is 1.24 bits per heavy atom. The summed E-state index contributed by atoms with van der Waals surface area (Å²) in [6.07, 6.45) is 0. The Bertz CT molecular complexity index is 1470. The molecular formula is C33H28N2O2. The third kappa shape index (κ3) is 5.14. The molecule has 1 N–H and O–H groups in total. The molecule has 0 aromatic heterocycles. The number of hydrogen-bond acceptors (Lipinski definition) is 2. The summed E-state index contributed by atoms with van der Waals surface area (Å²) in [6.45, 7) is 2.52. The first-order chi connectivity index (χ1) is 18.2. The molecule has 5 aromatic rings. The summed E-state index contributed by atoms with van der Waals surface area (Å²) in [5.74, 6) is -0.642. The molecule has 0 fully saturated rings. The van der Waals surface area contributed by atoms with Crippen molar-refractivity contribution in [1.82, 2.24) is 0 Å². The highest BCUT2D eigenvalue weighted by atomic mass is 16.2. The van der Waals surface area contributed by atoms with E-state index in [0.717, 1.165) is 27.6 Å². The standard InChI is InChI=1S/C33H28N2O2/c1-2-35(30-19-11-17-24-12-9-10-18-29(24)30)33(37)27-20-22-28(23-21-27)34-32(36)31(25-13-5-3-6-14-25)26-15-7-4-8-16-26/h3-23,31H,2H2,1H3,(H,34,36). The Morgan fingerprint density at radius 3 is 1.86 bits per heavy atom. The number of carbonyl (C=O) groups excluding carboxylic acids is 2. The molecule has 37 heavy (non-hydrogen) atoms. The van der Waals surface area contributed by atoms with Crippen molar-refractivity contribution < 1.29 is 9.59 Å². The van der Waals surface area contributed by atoms with Crippen LogP contribution in [0.1, 0.15) is 34.3 Å². The van der Waals surface area contributed by atoms with E-state index >= 15 is 0 Å². The van der Waals surface area contributed by atoms with E-state index in [9.17, 15) is 9.59 Å². The van der Waals surface area contributed by atoms with Gasteiger partial charge in [-0.3, -0.25) is 9.59 Å². The lowest BCUT2D eigenvalue weighted by Crippen LogP contribution is -2.30. The van der Waals surface area contributed by atoms with E-state index in [1.807, 2.05) is 110 Å². The maximum Gasteiger partial charge on any atom is 0.258 e. The summed E-state index contributed by atoms with van der Waals surface area (Å²) in [7, 11) is 0. The second kappa shape index (κ2) is 10.9. The van der Waals surface area contributed by atoms with Crippen LogP contribution in [-0.4, -0.2) is 18.4 Å². The number of fused-ring (bicyclic) bond motifs is 1. The van der Waals surface area contributed by atoms with Crippen molar-refractivity contribution in [3.63, 3.8) is 0 Å². The van der Waals surface area contributed by atoms with Crippen LogP contribution < -0.4 is 10.2 Å². The lowest BCUT2D eigenvalue weighted by atomic mass is 9.90. The Labute approximate surface area is 217 Å². The molecule has 0 atom stereocenters. The van der Waals surface area contributed by atoms with E-state index in [-0.39, 0.29) is 11.8 Å². The number of amides is 2. The zero-order valence-corrected chi connectivity index (χ0v) is 20.7. The second-order valence-corrected chi connectivity index (χ2v) is 8.87.